The van der Waals surface area contributed by atoms with Gasteiger partial charge >= 0.3 is 5.97 Å². The number of amides is 3. The molecule has 0 saturated heterocycles. The van der Waals surface area contributed by atoms with E-state index in [1.165, 1.54) is 11.8 Å². The summed E-state index contributed by atoms with van der Waals surface area (Å²) in [5.74, 6) is -2.59. The van der Waals surface area contributed by atoms with Crippen LogP contribution in [0.5, 0.6) is 0 Å². The van der Waals surface area contributed by atoms with Crippen LogP contribution in [-0.2, 0) is 25.6 Å². The second-order valence-electron chi connectivity index (χ2n) is 8.23. The summed E-state index contributed by atoms with van der Waals surface area (Å²) in [4.78, 5) is 53.9. The van der Waals surface area contributed by atoms with Crippen LogP contribution in [0.15, 0.2) is 35.3 Å². The van der Waals surface area contributed by atoms with Gasteiger partial charge in [-0.15, -0.1) is 0 Å². The second-order valence-corrected chi connectivity index (χ2v) is 9.58. The van der Waals surface area contributed by atoms with Crippen molar-refractivity contribution in [3.8, 4) is 0 Å². The van der Waals surface area contributed by atoms with E-state index in [0.29, 0.717) is 31.6 Å². The molecule has 4 atom stereocenters. The standard InChI is InChI=1S/C23H37N7O5S2/c1-37-11-9-16(28-19(31)15(24)8-5-10-27-23(25)26)20(32)30-18(13-36)21(33)29-17(22(34)35)12-14-6-3-2-4-7-14/h2-4,6-7,15-18,36H,5,8-13,24H2,1H3,(H,28,31)(H,29,33)(H,30,32)(H,34,35)(H4,25,26,27). The molecule has 1 aromatic rings. The van der Waals surface area contributed by atoms with Gasteiger partial charge < -0.3 is 38.3 Å². The molecule has 0 heterocycles. The van der Waals surface area contributed by atoms with Crippen LogP contribution < -0.4 is 33.2 Å². The van der Waals surface area contributed by atoms with Crippen LogP contribution in [0, 0.1) is 0 Å². The van der Waals surface area contributed by atoms with Gasteiger partial charge in [0.25, 0.3) is 0 Å². The normalized spacial score (nSPS) is 13.9. The molecular weight excluding hydrogens is 518 g/mol. The first kappa shape index (κ1) is 32.1. The number of carbonyl (C=O) groups excluding carboxylic acids is 3. The Labute approximate surface area is 226 Å². The molecule has 0 saturated carbocycles. The minimum atomic E-state index is -1.21. The lowest BCUT2D eigenvalue weighted by Gasteiger charge is -2.24. The lowest BCUT2D eigenvalue weighted by molar-refractivity contribution is -0.142. The second kappa shape index (κ2) is 17.5. The summed E-state index contributed by atoms with van der Waals surface area (Å²) in [5.41, 5.74) is 17.2. The van der Waals surface area contributed by atoms with Gasteiger partial charge in [-0.05, 0) is 36.8 Å². The molecule has 0 aliphatic carbocycles. The fourth-order valence-corrected chi connectivity index (χ4v) is 3.95. The number of carbonyl (C=O) groups is 4. The van der Waals surface area contributed by atoms with Crippen molar-refractivity contribution in [2.24, 2.45) is 22.2 Å². The first-order chi connectivity index (χ1) is 17.6. The summed E-state index contributed by atoms with van der Waals surface area (Å²) in [6.07, 6.45) is 3.01. The molecule has 1 rings (SSSR count). The Kier molecular flexibility index (Phi) is 15.1. The van der Waals surface area contributed by atoms with Gasteiger partial charge in [0.1, 0.15) is 18.1 Å². The highest BCUT2D eigenvalue weighted by molar-refractivity contribution is 7.98. The molecule has 0 fully saturated rings. The van der Waals surface area contributed by atoms with Gasteiger partial charge in [0.2, 0.25) is 17.7 Å². The number of benzene rings is 1. The number of nitrogens with one attached hydrogen (secondary N) is 3. The van der Waals surface area contributed by atoms with E-state index in [-0.39, 0.29) is 18.1 Å². The van der Waals surface area contributed by atoms with Gasteiger partial charge in [-0.3, -0.25) is 19.4 Å². The topological polar surface area (TPSA) is 215 Å². The van der Waals surface area contributed by atoms with Crippen molar-refractivity contribution in [2.45, 2.75) is 49.9 Å². The van der Waals surface area contributed by atoms with Crippen LogP contribution in [0.2, 0.25) is 0 Å². The van der Waals surface area contributed by atoms with Crippen LogP contribution in [-0.4, -0.2) is 83.2 Å². The number of nitrogens with zero attached hydrogens (tertiary/aromatic N) is 1. The van der Waals surface area contributed by atoms with Crippen LogP contribution >= 0.6 is 24.4 Å². The third-order valence-corrected chi connectivity index (χ3v) is 6.27. The maximum atomic E-state index is 13.0. The number of nitrogens with two attached hydrogens (primary N) is 3. The minimum Gasteiger partial charge on any atom is -0.480 e. The van der Waals surface area contributed by atoms with Crippen molar-refractivity contribution in [3.63, 3.8) is 0 Å². The van der Waals surface area contributed by atoms with E-state index in [9.17, 15) is 24.3 Å². The molecule has 4 unspecified atom stereocenters. The Morgan fingerprint density at radius 1 is 0.973 bits per heavy atom. The van der Waals surface area contributed by atoms with E-state index in [1.807, 2.05) is 6.26 Å². The third kappa shape index (κ3) is 12.7. The van der Waals surface area contributed by atoms with Crippen LogP contribution in [0.25, 0.3) is 0 Å². The van der Waals surface area contributed by atoms with Crippen LogP contribution in [0.3, 0.4) is 0 Å². The number of carboxylic acid groups (broad SMARTS) is 1. The van der Waals surface area contributed by atoms with E-state index < -0.39 is 47.9 Å². The lowest BCUT2D eigenvalue weighted by Crippen LogP contribution is -2.58. The Morgan fingerprint density at radius 2 is 1.57 bits per heavy atom. The van der Waals surface area contributed by atoms with Crippen molar-refractivity contribution in [1.29, 1.82) is 0 Å². The van der Waals surface area contributed by atoms with Crippen LogP contribution in [0.4, 0.5) is 0 Å². The first-order valence-electron chi connectivity index (χ1n) is 11.7. The molecule has 0 bridgehead atoms. The maximum Gasteiger partial charge on any atom is 0.326 e. The minimum absolute atomic E-state index is 0.0515. The summed E-state index contributed by atoms with van der Waals surface area (Å²) < 4.78 is 0. The molecule has 10 N–H and O–H groups in total. The molecule has 0 aliphatic heterocycles. The third-order valence-electron chi connectivity index (χ3n) is 5.26. The van der Waals surface area contributed by atoms with Crippen molar-refractivity contribution in [3.05, 3.63) is 35.9 Å². The fourth-order valence-electron chi connectivity index (χ4n) is 3.22. The average molecular weight is 556 g/mol. The summed E-state index contributed by atoms with van der Waals surface area (Å²) in [7, 11) is 0. The Morgan fingerprint density at radius 3 is 2.14 bits per heavy atom. The van der Waals surface area contributed by atoms with Crippen molar-refractivity contribution < 1.29 is 24.3 Å². The molecule has 3 amide bonds. The number of aliphatic imine (C=N–C) groups is 1. The smallest absolute Gasteiger partial charge is 0.326 e. The summed E-state index contributed by atoms with van der Waals surface area (Å²) >= 11 is 5.63. The Bertz CT molecular complexity index is 916. The van der Waals surface area contributed by atoms with Gasteiger partial charge in [0.15, 0.2) is 5.96 Å². The van der Waals surface area contributed by atoms with E-state index in [2.05, 4.69) is 33.6 Å². The molecule has 0 aromatic heterocycles. The van der Waals surface area contributed by atoms with E-state index in [0.717, 1.165) is 5.56 Å². The molecule has 206 valence electrons. The number of thiol groups is 1. The first-order valence-corrected chi connectivity index (χ1v) is 13.7. The van der Waals surface area contributed by atoms with Crippen molar-refractivity contribution in [1.82, 2.24) is 16.0 Å². The van der Waals surface area contributed by atoms with E-state index in [1.54, 1.807) is 30.3 Å². The van der Waals surface area contributed by atoms with Gasteiger partial charge in [0, 0.05) is 18.7 Å². The number of thioether (sulfide) groups is 1. The highest BCUT2D eigenvalue weighted by Crippen LogP contribution is 2.06. The number of carboxylic acids is 1. The van der Waals surface area contributed by atoms with Gasteiger partial charge in [0.05, 0.1) is 6.04 Å². The predicted molar refractivity (Wildman–Crippen MR) is 148 cm³/mol. The van der Waals surface area contributed by atoms with Gasteiger partial charge in [-0.25, -0.2) is 4.79 Å². The number of rotatable bonds is 17. The zero-order valence-electron chi connectivity index (χ0n) is 20.8. The van der Waals surface area contributed by atoms with Crippen LogP contribution in [0.1, 0.15) is 24.8 Å². The Hall–Kier alpha value is -2.97. The highest BCUT2D eigenvalue weighted by Gasteiger charge is 2.29. The largest absolute Gasteiger partial charge is 0.480 e. The predicted octanol–water partition coefficient (Wildman–Crippen LogP) is -1.17. The molecule has 0 spiro atoms. The molecule has 37 heavy (non-hydrogen) atoms. The van der Waals surface area contributed by atoms with Crippen molar-refractivity contribution in [2.75, 3.05) is 24.3 Å². The zero-order valence-corrected chi connectivity index (χ0v) is 22.5. The maximum absolute atomic E-state index is 13.0. The van der Waals surface area contributed by atoms with E-state index in [4.69, 9.17) is 17.2 Å². The average Bonchev–Trinajstić information content (AvgIpc) is 2.86. The molecule has 14 heteroatoms. The number of hydrogen-bond acceptors (Lipinski definition) is 8. The number of guanidine groups is 1. The summed E-state index contributed by atoms with van der Waals surface area (Å²) in [5, 5.41) is 17.2. The molecule has 1 aromatic carbocycles. The fraction of sp³-hybridized carbons (Fsp3) is 0.522. The van der Waals surface area contributed by atoms with Gasteiger partial charge in [-0.1, -0.05) is 30.3 Å². The molecule has 0 radical (unpaired) electrons. The Balaban J connectivity index is 2.78. The quantitative estimate of drug-likeness (QED) is 0.0502. The monoisotopic (exact) mass is 555 g/mol. The zero-order chi connectivity index (χ0) is 27.8. The van der Waals surface area contributed by atoms with Gasteiger partial charge in [-0.2, -0.15) is 24.4 Å². The SMILES string of the molecule is CSCCC(NC(=O)C(N)CCCN=C(N)N)C(=O)NC(CS)C(=O)NC(Cc1ccccc1)C(=O)O. The van der Waals surface area contributed by atoms with Crippen molar-refractivity contribution >= 4 is 54.0 Å². The lowest BCUT2D eigenvalue weighted by atomic mass is 10.1. The molecule has 0 aliphatic rings. The molecular formula is C23H37N7O5S2. The number of hydrogen-bond donors (Lipinski definition) is 8. The van der Waals surface area contributed by atoms with E-state index >= 15 is 0 Å². The highest BCUT2D eigenvalue weighted by atomic mass is 32.2. The number of aliphatic carboxylic acids is 1. The summed E-state index contributed by atoms with van der Waals surface area (Å²) in [6.45, 7) is 0.319. The summed E-state index contributed by atoms with van der Waals surface area (Å²) in [6, 6.07) is 4.71. The molecule has 12 nitrogen and oxygen atoms in total.